The molecule has 140 valence electrons. The molecule has 1 saturated heterocycles. The molecule has 2 fully saturated rings. The molecule has 0 aromatic carbocycles. The van der Waals surface area contributed by atoms with E-state index < -0.39 is 0 Å². The maximum atomic E-state index is 4.69. The molecule has 0 unspecified atom stereocenters. The Kier molecular flexibility index (Phi) is 5.92. The molecule has 26 heavy (non-hydrogen) atoms. The topological polar surface area (TPSA) is 45.2 Å². The first kappa shape index (κ1) is 18.0. The number of aryl methyl sites for hydroxylation is 1. The predicted octanol–water partition coefficient (Wildman–Crippen LogP) is 3.61. The van der Waals surface area contributed by atoms with E-state index in [9.17, 15) is 0 Å². The van der Waals surface area contributed by atoms with E-state index in [4.69, 9.17) is 0 Å². The number of nitrogens with zero attached hydrogens (tertiary/aromatic N) is 5. The minimum absolute atomic E-state index is 0.593. The van der Waals surface area contributed by atoms with Gasteiger partial charge in [-0.05, 0) is 19.8 Å². The van der Waals surface area contributed by atoms with E-state index in [1.54, 1.807) is 11.3 Å². The van der Waals surface area contributed by atoms with Crippen molar-refractivity contribution < 1.29 is 0 Å². The van der Waals surface area contributed by atoms with Gasteiger partial charge in [0.2, 0.25) is 0 Å². The third kappa shape index (κ3) is 4.67. The first-order chi connectivity index (χ1) is 12.8. The first-order valence-corrected chi connectivity index (χ1v) is 10.8. The van der Waals surface area contributed by atoms with Crippen molar-refractivity contribution in [3.05, 3.63) is 39.9 Å². The van der Waals surface area contributed by atoms with Gasteiger partial charge in [0, 0.05) is 68.5 Å². The van der Waals surface area contributed by atoms with Crippen molar-refractivity contribution in [3.63, 3.8) is 0 Å². The van der Waals surface area contributed by atoms with Crippen LogP contribution in [0.1, 0.15) is 60.1 Å². The molecule has 1 aliphatic heterocycles. The highest BCUT2D eigenvalue weighted by Gasteiger charge is 2.20. The summed E-state index contributed by atoms with van der Waals surface area (Å²) < 4.78 is 0. The van der Waals surface area contributed by atoms with Gasteiger partial charge in [-0.2, -0.15) is 0 Å². The zero-order valence-electron chi connectivity index (χ0n) is 15.7. The van der Waals surface area contributed by atoms with E-state index in [1.807, 2.05) is 0 Å². The minimum atomic E-state index is 0.593. The van der Waals surface area contributed by atoms with Crippen LogP contribution in [0, 0.1) is 6.92 Å². The molecule has 1 aliphatic carbocycles. The Morgan fingerprint density at radius 2 is 1.62 bits per heavy atom. The monoisotopic (exact) mass is 371 g/mol. The van der Waals surface area contributed by atoms with Crippen LogP contribution in [-0.4, -0.2) is 50.9 Å². The third-order valence-corrected chi connectivity index (χ3v) is 6.44. The second kappa shape index (κ2) is 8.55. The van der Waals surface area contributed by atoms with E-state index in [-0.39, 0.29) is 0 Å². The lowest BCUT2D eigenvalue weighted by Gasteiger charge is -2.34. The molecular weight excluding hydrogens is 342 g/mol. The number of thiazole rings is 1. The van der Waals surface area contributed by atoms with E-state index in [0.717, 1.165) is 50.1 Å². The van der Waals surface area contributed by atoms with Crippen LogP contribution in [0.15, 0.2) is 17.8 Å². The Morgan fingerprint density at radius 1 is 0.962 bits per heavy atom. The minimum Gasteiger partial charge on any atom is -0.296 e. The smallest absolute Gasteiger partial charge is 0.131 e. The molecule has 2 aromatic heterocycles. The molecule has 3 heterocycles. The number of hydrogen-bond acceptors (Lipinski definition) is 6. The van der Waals surface area contributed by atoms with Crippen molar-refractivity contribution in [2.24, 2.45) is 0 Å². The van der Waals surface area contributed by atoms with Gasteiger partial charge in [-0.1, -0.05) is 19.3 Å². The van der Waals surface area contributed by atoms with Gasteiger partial charge in [0.05, 0.1) is 10.7 Å². The van der Waals surface area contributed by atoms with Crippen LogP contribution >= 0.6 is 11.3 Å². The molecule has 4 rings (SSSR count). The largest absolute Gasteiger partial charge is 0.296 e. The van der Waals surface area contributed by atoms with Gasteiger partial charge in [0.15, 0.2) is 0 Å². The van der Waals surface area contributed by atoms with Crippen LogP contribution in [0.5, 0.6) is 0 Å². The number of hydrogen-bond donors (Lipinski definition) is 0. The lowest BCUT2D eigenvalue weighted by molar-refractivity contribution is 0.121. The van der Waals surface area contributed by atoms with Gasteiger partial charge in [0.1, 0.15) is 5.82 Å². The standard InChI is InChI=1S/C20H29N5S/c1-16-23-19(15-26-16)14-25-9-7-24(8-10-25)13-17-11-21-20(22-12-17)18-5-3-2-4-6-18/h11-12,15,18H,2-10,13-14H2,1H3. The molecule has 5 nitrogen and oxygen atoms in total. The molecule has 1 saturated carbocycles. The molecule has 0 radical (unpaired) electrons. The van der Waals surface area contributed by atoms with Crippen molar-refractivity contribution in [1.29, 1.82) is 0 Å². The molecule has 2 aromatic rings. The number of piperazine rings is 1. The Hall–Kier alpha value is -1.37. The van der Waals surface area contributed by atoms with Crippen LogP contribution in [0.25, 0.3) is 0 Å². The molecule has 0 spiro atoms. The summed E-state index contributed by atoms with van der Waals surface area (Å²) in [5.41, 5.74) is 2.46. The third-order valence-electron chi connectivity index (χ3n) is 5.62. The summed E-state index contributed by atoms with van der Waals surface area (Å²) in [5.74, 6) is 1.66. The van der Waals surface area contributed by atoms with E-state index in [1.165, 1.54) is 43.4 Å². The summed E-state index contributed by atoms with van der Waals surface area (Å²) in [4.78, 5) is 19.0. The van der Waals surface area contributed by atoms with Crippen molar-refractivity contribution >= 4 is 11.3 Å². The zero-order chi connectivity index (χ0) is 17.8. The second-order valence-electron chi connectivity index (χ2n) is 7.69. The molecular formula is C20H29N5S. The van der Waals surface area contributed by atoms with E-state index in [2.05, 4.69) is 49.4 Å². The average molecular weight is 372 g/mol. The van der Waals surface area contributed by atoms with Crippen LogP contribution in [0.2, 0.25) is 0 Å². The van der Waals surface area contributed by atoms with Crippen LogP contribution in [0.3, 0.4) is 0 Å². The molecule has 2 aliphatic rings. The van der Waals surface area contributed by atoms with Crippen molar-refractivity contribution in [2.45, 2.75) is 58.0 Å². The Labute approximate surface area is 160 Å². The molecule has 0 amide bonds. The van der Waals surface area contributed by atoms with Gasteiger partial charge in [-0.15, -0.1) is 11.3 Å². The Morgan fingerprint density at radius 3 is 2.23 bits per heavy atom. The van der Waals surface area contributed by atoms with Gasteiger partial charge < -0.3 is 0 Å². The van der Waals surface area contributed by atoms with Gasteiger partial charge in [-0.3, -0.25) is 9.80 Å². The molecule has 6 heteroatoms. The SMILES string of the molecule is Cc1nc(CN2CCN(Cc3cnc(C4CCCCC4)nc3)CC2)cs1. The highest BCUT2D eigenvalue weighted by atomic mass is 32.1. The van der Waals surface area contributed by atoms with Crippen molar-refractivity contribution in [3.8, 4) is 0 Å². The van der Waals surface area contributed by atoms with Crippen LogP contribution in [-0.2, 0) is 13.1 Å². The van der Waals surface area contributed by atoms with Gasteiger partial charge in [0.25, 0.3) is 0 Å². The molecule has 0 N–H and O–H groups in total. The average Bonchev–Trinajstić information content (AvgIpc) is 3.09. The summed E-state index contributed by atoms with van der Waals surface area (Å²) >= 11 is 1.74. The Balaban J connectivity index is 1.25. The van der Waals surface area contributed by atoms with Gasteiger partial charge in [-0.25, -0.2) is 15.0 Å². The molecule has 0 atom stereocenters. The quantitative estimate of drug-likeness (QED) is 0.803. The van der Waals surface area contributed by atoms with E-state index in [0.29, 0.717) is 5.92 Å². The number of aromatic nitrogens is 3. The first-order valence-electron chi connectivity index (χ1n) is 9.93. The summed E-state index contributed by atoms with van der Waals surface area (Å²) in [6, 6.07) is 0. The van der Waals surface area contributed by atoms with Gasteiger partial charge >= 0.3 is 0 Å². The van der Waals surface area contributed by atoms with E-state index >= 15 is 0 Å². The summed E-state index contributed by atoms with van der Waals surface area (Å²) in [5, 5.41) is 3.35. The maximum Gasteiger partial charge on any atom is 0.131 e. The van der Waals surface area contributed by atoms with Crippen molar-refractivity contribution in [2.75, 3.05) is 26.2 Å². The number of rotatable bonds is 5. The maximum absolute atomic E-state index is 4.69. The summed E-state index contributed by atoms with van der Waals surface area (Å²) in [6.07, 6.45) is 10.7. The van der Waals surface area contributed by atoms with Crippen LogP contribution in [0.4, 0.5) is 0 Å². The van der Waals surface area contributed by atoms with Crippen LogP contribution < -0.4 is 0 Å². The normalized spacial score (nSPS) is 20.5. The fourth-order valence-corrected chi connectivity index (χ4v) is 4.70. The Bertz CT molecular complexity index is 684. The van der Waals surface area contributed by atoms with Crippen molar-refractivity contribution in [1.82, 2.24) is 24.8 Å². The lowest BCUT2D eigenvalue weighted by atomic mass is 9.89. The summed E-state index contributed by atoms with van der Waals surface area (Å²) in [6.45, 7) is 8.45. The fourth-order valence-electron chi connectivity index (χ4n) is 4.09. The second-order valence-corrected chi connectivity index (χ2v) is 8.76. The highest BCUT2D eigenvalue weighted by molar-refractivity contribution is 7.09. The summed E-state index contributed by atoms with van der Waals surface area (Å²) in [7, 11) is 0. The lowest BCUT2D eigenvalue weighted by Crippen LogP contribution is -2.45. The fraction of sp³-hybridized carbons (Fsp3) is 0.650. The zero-order valence-corrected chi connectivity index (χ0v) is 16.5. The molecule has 0 bridgehead atoms. The highest BCUT2D eigenvalue weighted by Crippen LogP contribution is 2.30. The predicted molar refractivity (Wildman–Crippen MR) is 105 cm³/mol.